The van der Waals surface area contributed by atoms with E-state index >= 15 is 0 Å². The largest absolute Gasteiger partial charge is 0.505 e. The summed E-state index contributed by atoms with van der Waals surface area (Å²) in [5.74, 6) is -1.78. The van der Waals surface area contributed by atoms with Crippen molar-refractivity contribution in [1.29, 1.82) is 0 Å². The Labute approximate surface area is 124 Å². The van der Waals surface area contributed by atoms with E-state index in [1.165, 1.54) is 18.2 Å². The minimum atomic E-state index is -1.28. The lowest BCUT2D eigenvalue weighted by molar-refractivity contribution is 0.0693. The van der Waals surface area contributed by atoms with E-state index in [0.29, 0.717) is 13.0 Å². The van der Waals surface area contributed by atoms with Crippen LogP contribution in [0.25, 0.3) is 0 Å². The first-order valence-corrected chi connectivity index (χ1v) is 7.87. The number of para-hydroxylation sites is 1. The van der Waals surface area contributed by atoms with E-state index in [1.54, 1.807) is 6.26 Å². The zero-order chi connectivity index (χ0) is 16.0. The Morgan fingerprint density at radius 3 is 2.62 bits per heavy atom. The molecule has 4 N–H and O–H groups in total. The lowest BCUT2D eigenvalue weighted by atomic mass is 10.1. The van der Waals surface area contributed by atoms with E-state index in [2.05, 4.69) is 10.6 Å². The number of carbonyl (C=O) groups is 2. The number of rotatable bonds is 6. The number of benzene rings is 1. The fourth-order valence-corrected chi connectivity index (χ4v) is 1.99. The summed E-state index contributed by atoms with van der Waals surface area (Å²) < 4.78 is 11.2. The number of hydrogen-bond donors (Lipinski definition) is 4. The van der Waals surface area contributed by atoms with Gasteiger partial charge in [0.2, 0.25) is 0 Å². The molecule has 0 aliphatic carbocycles. The lowest BCUT2D eigenvalue weighted by Gasteiger charge is -2.12. The fourth-order valence-electron chi connectivity index (χ4n) is 1.54. The molecule has 21 heavy (non-hydrogen) atoms. The molecule has 1 aromatic rings. The average molecular weight is 314 g/mol. The van der Waals surface area contributed by atoms with Gasteiger partial charge in [0.05, 0.1) is 5.69 Å². The SMILES string of the molecule is CC(CCNC(=O)Nc1cccc(C(=O)O)c1O)S(C)=O. The van der Waals surface area contributed by atoms with Crippen LogP contribution in [-0.2, 0) is 10.8 Å². The van der Waals surface area contributed by atoms with Crippen LogP contribution < -0.4 is 10.6 Å². The smallest absolute Gasteiger partial charge is 0.339 e. The molecule has 0 spiro atoms. The minimum Gasteiger partial charge on any atom is -0.505 e. The summed E-state index contributed by atoms with van der Waals surface area (Å²) in [5.41, 5.74) is -0.276. The van der Waals surface area contributed by atoms with E-state index in [1.807, 2.05) is 6.92 Å². The van der Waals surface area contributed by atoms with Gasteiger partial charge in [0, 0.05) is 28.9 Å². The van der Waals surface area contributed by atoms with Crippen molar-refractivity contribution in [1.82, 2.24) is 5.32 Å². The van der Waals surface area contributed by atoms with Gasteiger partial charge in [-0.05, 0) is 18.6 Å². The number of carboxylic acids is 1. The summed E-state index contributed by atoms with van der Waals surface area (Å²) in [4.78, 5) is 22.5. The van der Waals surface area contributed by atoms with Gasteiger partial charge in [-0.25, -0.2) is 9.59 Å². The zero-order valence-corrected chi connectivity index (χ0v) is 12.6. The first kappa shape index (κ1) is 17.0. The molecule has 1 rings (SSSR count). The highest BCUT2D eigenvalue weighted by Gasteiger charge is 2.14. The molecule has 0 heterocycles. The normalized spacial score (nSPS) is 13.2. The van der Waals surface area contributed by atoms with Crippen LogP contribution in [0.2, 0.25) is 0 Å². The molecule has 1 aromatic carbocycles. The molecule has 0 bridgehead atoms. The van der Waals surface area contributed by atoms with E-state index in [4.69, 9.17) is 5.11 Å². The van der Waals surface area contributed by atoms with Gasteiger partial charge in [-0.15, -0.1) is 0 Å². The van der Waals surface area contributed by atoms with Crippen molar-refractivity contribution in [2.24, 2.45) is 0 Å². The van der Waals surface area contributed by atoms with Gasteiger partial charge in [-0.2, -0.15) is 0 Å². The summed E-state index contributed by atoms with van der Waals surface area (Å²) in [6.45, 7) is 2.14. The highest BCUT2D eigenvalue weighted by molar-refractivity contribution is 7.84. The van der Waals surface area contributed by atoms with Gasteiger partial charge in [0.15, 0.2) is 5.75 Å². The quantitative estimate of drug-likeness (QED) is 0.592. The lowest BCUT2D eigenvalue weighted by Crippen LogP contribution is -2.31. The van der Waals surface area contributed by atoms with E-state index < -0.39 is 28.5 Å². The average Bonchev–Trinajstić information content (AvgIpc) is 2.40. The summed E-state index contributed by atoms with van der Waals surface area (Å²) in [7, 11) is -0.952. The molecule has 2 unspecified atom stereocenters. The van der Waals surface area contributed by atoms with Gasteiger partial charge in [0.1, 0.15) is 5.56 Å². The fraction of sp³-hybridized carbons (Fsp3) is 0.385. The van der Waals surface area contributed by atoms with Gasteiger partial charge in [-0.1, -0.05) is 13.0 Å². The molecule has 0 fully saturated rings. The Hall–Kier alpha value is -2.09. The molecular weight excluding hydrogens is 296 g/mol. The molecule has 116 valence electrons. The molecule has 8 heteroatoms. The van der Waals surface area contributed by atoms with E-state index in [0.717, 1.165) is 0 Å². The molecule has 0 radical (unpaired) electrons. The van der Waals surface area contributed by atoms with E-state index in [-0.39, 0.29) is 16.5 Å². The Bertz CT molecular complexity index is 561. The summed E-state index contributed by atoms with van der Waals surface area (Å²) in [5, 5.41) is 23.5. The van der Waals surface area contributed by atoms with Crippen molar-refractivity contribution in [3.05, 3.63) is 23.8 Å². The molecule has 0 saturated heterocycles. The van der Waals surface area contributed by atoms with Gasteiger partial charge in [0.25, 0.3) is 0 Å². The number of phenols is 1. The highest BCUT2D eigenvalue weighted by Crippen LogP contribution is 2.27. The number of aromatic hydroxyl groups is 1. The third-order valence-electron chi connectivity index (χ3n) is 2.92. The molecule has 7 nitrogen and oxygen atoms in total. The highest BCUT2D eigenvalue weighted by atomic mass is 32.2. The van der Waals surface area contributed by atoms with Crippen LogP contribution in [0.4, 0.5) is 10.5 Å². The Morgan fingerprint density at radius 1 is 1.38 bits per heavy atom. The first-order valence-electron chi connectivity index (χ1n) is 6.25. The van der Waals surface area contributed by atoms with Gasteiger partial charge in [-0.3, -0.25) is 4.21 Å². The van der Waals surface area contributed by atoms with Crippen LogP contribution in [0.1, 0.15) is 23.7 Å². The third-order valence-corrected chi connectivity index (χ3v) is 4.29. The number of anilines is 1. The van der Waals surface area contributed by atoms with Crippen LogP contribution in [0.5, 0.6) is 5.75 Å². The molecule has 0 aromatic heterocycles. The predicted molar refractivity (Wildman–Crippen MR) is 80.2 cm³/mol. The topological polar surface area (TPSA) is 116 Å². The maximum absolute atomic E-state index is 11.6. The second kappa shape index (κ2) is 7.63. The molecule has 2 amide bonds. The van der Waals surface area contributed by atoms with Gasteiger partial charge >= 0.3 is 12.0 Å². The van der Waals surface area contributed by atoms with Crippen LogP contribution in [0.3, 0.4) is 0 Å². The number of carboxylic acid groups (broad SMARTS) is 1. The van der Waals surface area contributed by atoms with Crippen molar-refractivity contribution in [3.63, 3.8) is 0 Å². The Balaban J connectivity index is 2.58. The van der Waals surface area contributed by atoms with Crippen LogP contribution in [-0.4, -0.2) is 44.5 Å². The number of amides is 2. The van der Waals surface area contributed by atoms with Crippen LogP contribution >= 0.6 is 0 Å². The van der Waals surface area contributed by atoms with E-state index in [9.17, 15) is 18.9 Å². The number of hydrogen-bond acceptors (Lipinski definition) is 4. The van der Waals surface area contributed by atoms with Crippen molar-refractivity contribution in [3.8, 4) is 5.75 Å². The van der Waals surface area contributed by atoms with Crippen molar-refractivity contribution < 1.29 is 24.0 Å². The standard InChI is InChI=1S/C13H18N2O5S/c1-8(21(2)20)6-7-14-13(19)15-10-5-3-4-9(11(10)16)12(17)18/h3-5,8,16H,6-7H2,1-2H3,(H,17,18)(H2,14,15,19). The summed E-state index contributed by atoms with van der Waals surface area (Å²) >= 11 is 0. The predicted octanol–water partition coefficient (Wildman–Crippen LogP) is 1.37. The second-order valence-electron chi connectivity index (χ2n) is 4.49. The zero-order valence-electron chi connectivity index (χ0n) is 11.8. The third kappa shape index (κ3) is 5.07. The minimum absolute atomic E-state index is 0.0134. The van der Waals surface area contributed by atoms with Crippen LogP contribution in [0, 0.1) is 0 Å². The second-order valence-corrected chi connectivity index (χ2v) is 6.29. The van der Waals surface area contributed by atoms with Crippen molar-refractivity contribution in [2.45, 2.75) is 18.6 Å². The number of aromatic carboxylic acids is 1. The van der Waals surface area contributed by atoms with Gasteiger partial charge < -0.3 is 20.8 Å². The first-order chi connectivity index (χ1) is 9.82. The maximum Gasteiger partial charge on any atom is 0.339 e. The molecule has 0 saturated carbocycles. The monoisotopic (exact) mass is 314 g/mol. The maximum atomic E-state index is 11.6. The number of nitrogens with one attached hydrogen (secondary N) is 2. The molecule has 0 aliphatic rings. The number of carbonyl (C=O) groups excluding carboxylic acids is 1. The molecule has 2 atom stereocenters. The van der Waals surface area contributed by atoms with Crippen molar-refractivity contribution in [2.75, 3.05) is 18.1 Å². The molecular formula is C13H18N2O5S. The Morgan fingerprint density at radius 2 is 2.05 bits per heavy atom. The summed E-state index contributed by atoms with van der Waals surface area (Å²) in [6.07, 6.45) is 2.15. The number of urea groups is 1. The van der Waals surface area contributed by atoms with Crippen LogP contribution in [0.15, 0.2) is 18.2 Å². The summed E-state index contributed by atoms with van der Waals surface area (Å²) in [6, 6.07) is 3.48. The Kier molecular flexibility index (Phi) is 6.16. The molecule has 0 aliphatic heterocycles. The van der Waals surface area contributed by atoms with Crippen molar-refractivity contribution >= 4 is 28.5 Å².